The highest BCUT2D eigenvalue weighted by atomic mass is 16.4. The van der Waals surface area contributed by atoms with Crippen LogP contribution in [0.25, 0.3) is 0 Å². The lowest BCUT2D eigenvalue weighted by molar-refractivity contribution is 0.0693. The molecule has 3 N–H and O–H groups in total. The molecule has 0 amide bonds. The number of carbonyl (C=O) groups is 2. The van der Waals surface area contributed by atoms with Crippen molar-refractivity contribution in [1.29, 1.82) is 0 Å². The second kappa shape index (κ2) is 4.09. The van der Waals surface area contributed by atoms with E-state index in [1.807, 2.05) is 0 Å². The number of rotatable bonds is 1. The Hall–Kier alpha value is -2.82. The maximum atomic E-state index is 12.4. The monoisotopic (exact) mass is 270 g/mol. The summed E-state index contributed by atoms with van der Waals surface area (Å²) in [5.41, 5.74) is 0.966. The molecule has 0 bridgehead atoms. The number of ketones is 1. The van der Waals surface area contributed by atoms with Crippen molar-refractivity contribution in [3.8, 4) is 11.5 Å². The Bertz CT molecular complexity index is 761. The van der Waals surface area contributed by atoms with E-state index >= 15 is 0 Å². The molecule has 0 heterocycles. The van der Waals surface area contributed by atoms with Gasteiger partial charge in [0.15, 0.2) is 0 Å². The summed E-state index contributed by atoms with van der Waals surface area (Å²) >= 11 is 0. The molecule has 5 nitrogen and oxygen atoms in total. The van der Waals surface area contributed by atoms with Crippen LogP contribution in [-0.2, 0) is 6.42 Å². The molecule has 0 aliphatic heterocycles. The first kappa shape index (κ1) is 12.2. The van der Waals surface area contributed by atoms with Gasteiger partial charge in [0.05, 0.1) is 11.1 Å². The molecule has 0 atom stereocenters. The zero-order chi connectivity index (χ0) is 14.4. The molecule has 0 saturated heterocycles. The fourth-order valence-corrected chi connectivity index (χ4v) is 2.53. The summed E-state index contributed by atoms with van der Waals surface area (Å²) in [7, 11) is 0. The third kappa shape index (κ3) is 1.56. The fraction of sp³-hybridized carbons (Fsp3) is 0.0667. The van der Waals surface area contributed by atoms with Crippen LogP contribution in [0.4, 0.5) is 0 Å². The Morgan fingerprint density at radius 2 is 1.70 bits per heavy atom. The molecule has 0 radical (unpaired) electrons. The Morgan fingerprint density at radius 3 is 2.40 bits per heavy atom. The molecule has 5 heteroatoms. The highest BCUT2D eigenvalue weighted by Gasteiger charge is 2.30. The standard InChI is InChI=1S/C15H10O5/c16-10-3-1-2-7-6-8-4-5-9(15(19)20)13(17)12(8)14(18)11(7)10/h1-5,16-17H,6H2,(H,19,20). The first-order chi connectivity index (χ1) is 9.50. The Balaban J connectivity index is 2.27. The van der Waals surface area contributed by atoms with E-state index in [4.69, 9.17) is 5.11 Å². The van der Waals surface area contributed by atoms with Crippen LogP contribution in [0, 0.1) is 0 Å². The molecule has 0 saturated carbocycles. The average molecular weight is 270 g/mol. The topological polar surface area (TPSA) is 94.8 Å². The largest absolute Gasteiger partial charge is 0.507 e. The van der Waals surface area contributed by atoms with E-state index in [1.54, 1.807) is 12.1 Å². The van der Waals surface area contributed by atoms with Crippen LogP contribution >= 0.6 is 0 Å². The highest BCUT2D eigenvalue weighted by Crippen LogP contribution is 2.37. The van der Waals surface area contributed by atoms with E-state index in [0.717, 1.165) is 0 Å². The Morgan fingerprint density at radius 1 is 1.00 bits per heavy atom. The first-order valence-corrected chi connectivity index (χ1v) is 5.94. The third-order valence-corrected chi connectivity index (χ3v) is 3.46. The van der Waals surface area contributed by atoms with Gasteiger partial charge in [-0.2, -0.15) is 0 Å². The van der Waals surface area contributed by atoms with Gasteiger partial charge in [0, 0.05) is 0 Å². The van der Waals surface area contributed by atoms with Gasteiger partial charge in [-0.25, -0.2) is 4.79 Å². The zero-order valence-corrected chi connectivity index (χ0v) is 10.3. The normalized spacial score (nSPS) is 12.7. The molecule has 2 aromatic rings. The van der Waals surface area contributed by atoms with Crippen molar-refractivity contribution in [3.63, 3.8) is 0 Å². The van der Waals surface area contributed by atoms with Crippen molar-refractivity contribution in [3.05, 3.63) is 58.1 Å². The van der Waals surface area contributed by atoms with Crippen molar-refractivity contribution in [2.45, 2.75) is 6.42 Å². The number of phenols is 2. The molecule has 20 heavy (non-hydrogen) atoms. The molecular weight excluding hydrogens is 260 g/mol. The number of aromatic hydroxyl groups is 2. The lowest BCUT2D eigenvalue weighted by atomic mass is 9.83. The molecule has 3 rings (SSSR count). The van der Waals surface area contributed by atoms with Crippen LogP contribution in [0.15, 0.2) is 30.3 Å². The summed E-state index contributed by atoms with van der Waals surface area (Å²) < 4.78 is 0. The smallest absolute Gasteiger partial charge is 0.339 e. The van der Waals surface area contributed by atoms with Gasteiger partial charge in [0.1, 0.15) is 17.1 Å². The highest BCUT2D eigenvalue weighted by molar-refractivity contribution is 6.16. The van der Waals surface area contributed by atoms with Gasteiger partial charge in [-0.15, -0.1) is 0 Å². The lowest BCUT2D eigenvalue weighted by Crippen LogP contribution is -2.16. The SMILES string of the molecule is O=C(O)c1ccc2c(c1O)C(=O)c1c(O)cccc1C2. The van der Waals surface area contributed by atoms with Crippen LogP contribution in [-0.4, -0.2) is 27.1 Å². The summed E-state index contributed by atoms with van der Waals surface area (Å²) in [5, 5.41) is 28.8. The predicted octanol–water partition coefficient (Wildman–Crippen LogP) is 1.93. The molecule has 0 aromatic heterocycles. The van der Waals surface area contributed by atoms with Crippen molar-refractivity contribution >= 4 is 11.8 Å². The Kier molecular flexibility index (Phi) is 2.50. The van der Waals surface area contributed by atoms with Crippen LogP contribution < -0.4 is 0 Å². The minimum atomic E-state index is -1.30. The van der Waals surface area contributed by atoms with Crippen molar-refractivity contribution < 1.29 is 24.9 Å². The van der Waals surface area contributed by atoms with Crippen LogP contribution in [0.2, 0.25) is 0 Å². The molecule has 2 aromatic carbocycles. The second-order valence-corrected chi connectivity index (χ2v) is 4.62. The van der Waals surface area contributed by atoms with Crippen LogP contribution in [0.1, 0.15) is 37.4 Å². The van der Waals surface area contributed by atoms with Crippen molar-refractivity contribution in [1.82, 2.24) is 0 Å². The molecule has 0 fully saturated rings. The molecule has 0 spiro atoms. The van der Waals surface area contributed by atoms with E-state index in [1.165, 1.54) is 18.2 Å². The van der Waals surface area contributed by atoms with E-state index in [0.29, 0.717) is 17.5 Å². The molecule has 0 unspecified atom stereocenters. The van der Waals surface area contributed by atoms with Crippen molar-refractivity contribution in [2.24, 2.45) is 0 Å². The second-order valence-electron chi connectivity index (χ2n) is 4.62. The maximum Gasteiger partial charge on any atom is 0.339 e. The first-order valence-electron chi connectivity index (χ1n) is 5.94. The molecule has 1 aliphatic rings. The quantitative estimate of drug-likeness (QED) is 0.628. The summed E-state index contributed by atoms with van der Waals surface area (Å²) in [6.45, 7) is 0. The predicted molar refractivity (Wildman–Crippen MR) is 69.4 cm³/mol. The van der Waals surface area contributed by atoms with E-state index in [2.05, 4.69) is 0 Å². The maximum absolute atomic E-state index is 12.4. The third-order valence-electron chi connectivity index (χ3n) is 3.46. The van der Waals surface area contributed by atoms with E-state index < -0.39 is 17.5 Å². The van der Waals surface area contributed by atoms with Gasteiger partial charge < -0.3 is 15.3 Å². The molecule has 100 valence electrons. The summed E-state index contributed by atoms with van der Waals surface area (Å²) in [5.74, 6) is -2.58. The minimum absolute atomic E-state index is 0.0427. The number of benzene rings is 2. The van der Waals surface area contributed by atoms with Crippen molar-refractivity contribution in [2.75, 3.05) is 0 Å². The number of fused-ring (bicyclic) bond motifs is 2. The van der Waals surface area contributed by atoms with Gasteiger partial charge in [0.25, 0.3) is 0 Å². The van der Waals surface area contributed by atoms with Gasteiger partial charge in [-0.05, 0) is 29.7 Å². The van der Waals surface area contributed by atoms with E-state index in [9.17, 15) is 19.8 Å². The number of hydrogen-bond donors (Lipinski definition) is 3. The van der Waals surface area contributed by atoms with Gasteiger partial charge >= 0.3 is 5.97 Å². The number of aromatic carboxylic acids is 1. The van der Waals surface area contributed by atoms with E-state index in [-0.39, 0.29) is 22.4 Å². The number of carboxylic acids is 1. The van der Waals surface area contributed by atoms with Gasteiger partial charge in [-0.3, -0.25) is 4.79 Å². The number of phenolic OH excluding ortho intramolecular Hbond substituents is 1. The molecular formula is C15H10O5. The van der Waals surface area contributed by atoms with Crippen LogP contribution in [0.5, 0.6) is 11.5 Å². The van der Waals surface area contributed by atoms with Crippen LogP contribution in [0.3, 0.4) is 0 Å². The molecule has 1 aliphatic carbocycles. The minimum Gasteiger partial charge on any atom is -0.507 e. The van der Waals surface area contributed by atoms with Gasteiger partial charge in [-0.1, -0.05) is 18.2 Å². The average Bonchev–Trinajstić information content (AvgIpc) is 2.38. The number of hydrogen-bond acceptors (Lipinski definition) is 4. The lowest BCUT2D eigenvalue weighted by Gasteiger charge is -2.20. The Labute approximate surface area is 113 Å². The fourth-order valence-electron chi connectivity index (χ4n) is 2.53. The summed E-state index contributed by atoms with van der Waals surface area (Å²) in [6, 6.07) is 7.54. The number of carboxylic acid groups (broad SMARTS) is 1. The summed E-state index contributed by atoms with van der Waals surface area (Å²) in [4.78, 5) is 23.4. The summed E-state index contributed by atoms with van der Waals surface area (Å²) in [6.07, 6.45) is 0.359. The zero-order valence-electron chi connectivity index (χ0n) is 10.3. The number of carbonyl (C=O) groups excluding carboxylic acids is 1. The van der Waals surface area contributed by atoms with Gasteiger partial charge in [0.2, 0.25) is 5.78 Å².